The second-order valence-corrected chi connectivity index (χ2v) is 10.7. The number of piperidine rings is 1. The molecule has 1 fully saturated rings. The fourth-order valence-electron chi connectivity index (χ4n) is 5.37. The third-order valence-corrected chi connectivity index (χ3v) is 7.58. The van der Waals surface area contributed by atoms with Crippen molar-refractivity contribution in [3.63, 3.8) is 0 Å². The van der Waals surface area contributed by atoms with Gasteiger partial charge in [-0.25, -0.2) is 0 Å². The van der Waals surface area contributed by atoms with Crippen LogP contribution < -0.4 is 5.32 Å². The van der Waals surface area contributed by atoms with Gasteiger partial charge in [0.25, 0.3) is 0 Å². The van der Waals surface area contributed by atoms with Crippen LogP contribution in [0, 0.1) is 0 Å². The Kier molecular flexibility index (Phi) is 11.5. The van der Waals surface area contributed by atoms with E-state index in [0.717, 1.165) is 22.3 Å². The van der Waals surface area contributed by atoms with Crippen molar-refractivity contribution in [2.75, 3.05) is 6.54 Å². The van der Waals surface area contributed by atoms with E-state index in [2.05, 4.69) is 60.4 Å². The van der Waals surface area contributed by atoms with Crippen molar-refractivity contribution in [1.29, 1.82) is 0 Å². The minimum absolute atomic E-state index is 0.132. The van der Waals surface area contributed by atoms with Gasteiger partial charge < -0.3 is 24.3 Å². The molecule has 42 heavy (non-hydrogen) atoms. The molecule has 218 valence electrons. The zero-order valence-corrected chi connectivity index (χ0v) is 24.1. The molecule has 1 aliphatic heterocycles. The number of hydrogen-bond donors (Lipinski definition) is 1. The molecular formula is C37H41NO4. The Morgan fingerprint density at radius 3 is 1.50 bits per heavy atom. The zero-order valence-electron chi connectivity index (χ0n) is 24.1. The highest BCUT2D eigenvalue weighted by atomic mass is 16.6. The first-order valence-corrected chi connectivity index (χ1v) is 14.8. The van der Waals surface area contributed by atoms with Crippen LogP contribution >= 0.6 is 0 Å². The van der Waals surface area contributed by atoms with Gasteiger partial charge in [-0.05, 0) is 28.7 Å². The fraction of sp³-hybridized carbons (Fsp3) is 0.297. The number of hydrogen-bond acceptors (Lipinski definition) is 5. The molecule has 0 saturated carbocycles. The lowest BCUT2D eigenvalue weighted by Gasteiger charge is -2.45. The largest absolute Gasteiger partial charge is 0.371 e. The quantitative estimate of drug-likeness (QED) is 0.160. The van der Waals surface area contributed by atoms with Crippen molar-refractivity contribution < 1.29 is 18.9 Å². The van der Waals surface area contributed by atoms with Crippen LogP contribution in [0.15, 0.2) is 134 Å². The van der Waals surface area contributed by atoms with Gasteiger partial charge in [0.15, 0.2) is 0 Å². The van der Waals surface area contributed by atoms with E-state index in [1.807, 2.05) is 78.9 Å². The molecule has 5 heteroatoms. The minimum Gasteiger partial charge on any atom is -0.371 e. The van der Waals surface area contributed by atoms with E-state index < -0.39 is 0 Å². The molecule has 0 bridgehead atoms. The Bertz CT molecular complexity index is 1300. The summed E-state index contributed by atoms with van der Waals surface area (Å²) >= 11 is 0. The van der Waals surface area contributed by atoms with E-state index in [-0.39, 0.29) is 30.5 Å². The third kappa shape index (κ3) is 8.71. The number of benzene rings is 4. The van der Waals surface area contributed by atoms with E-state index in [0.29, 0.717) is 39.4 Å². The predicted octanol–water partition coefficient (Wildman–Crippen LogP) is 6.88. The molecule has 0 amide bonds. The summed E-state index contributed by atoms with van der Waals surface area (Å²) in [5.41, 5.74) is 4.47. The minimum atomic E-state index is -0.329. The normalized spacial score (nSPS) is 21.0. The summed E-state index contributed by atoms with van der Waals surface area (Å²) in [5, 5.41) is 3.74. The molecule has 0 spiro atoms. The van der Waals surface area contributed by atoms with E-state index >= 15 is 0 Å². The SMILES string of the molecule is C=CC[C@H](OCc1ccccc1)[C@H]1NC[C@H](OCc2ccccc2)[C@@H](OCc2ccccc2)[C@@H]1OCc1ccccc1. The van der Waals surface area contributed by atoms with Gasteiger partial charge in [-0.1, -0.05) is 127 Å². The standard InChI is InChI=1S/C37H41NO4/c1-2-15-33(39-25-29-16-7-3-8-17-29)35-37(42-28-32-22-13-6-14-23-32)36(41-27-31-20-11-5-12-21-31)34(24-38-35)40-26-30-18-9-4-10-19-30/h2-14,16-23,33-38H,1,15,24-28H2/t33-,34-,35+,36+,37+/m0/s1. The summed E-state index contributed by atoms with van der Waals surface area (Å²) in [6, 6.07) is 40.9. The summed E-state index contributed by atoms with van der Waals surface area (Å²) in [6.45, 7) is 6.58. The first kappa shape index (κ1) is 29.9. The lowest BCUT2D eigenvalue weighted by atomic mass is 9.90. The second kappa shape index (κ2) is 16.2. The highest BCUT2D eigenvalue weighted by molar-refractivity contribution is 5.17. The maximum atomic E-state index is 6.76. The van der Waals surface area contributed by atoms with Gasteiger partial charge in [0, 0.05) is 6.54 Å². The first-order valence-electron chi connectivity index (χ1n) is 14.8. The molecule has 5 nitrogen and oxygen atoms in total. The van der Waals surface area contributed by atoms with E-state index in [1.165, 1.54) is 0 Å². The van der Waals surface area contributed by atoms with E-state index in [9.17, 15) is 0 Å². The number of ether oxygens (including phenoxy) is 4. The molecule has 0 aliphatic carbocycles. The van der Waals surface area contributed by atoms with Crippen LogP contribution in [0.5, 0.6) is 0 Å². The highest BCUT2D eigenvalue weighted by Crippen LogP contribution is 2.28. The van der Waals surface area contributed by atoms with Crippen LogP contribution in [-0.4, -0.2) is 37.0 Å². The number of nitrogens with one attached hydrogen (secondary N) is 1. The zero-order chi connectivity index (χ0) is 28.8. The Hall–Kier alpha value is -3.58. The smallest absolute Gasteiger partial charge is 0.113 e. The molecule has 1 heterocycles. The molecule has 5 atom stereocenters. The maximum absolute atomic E-state index is 6.76. The van der Waals surface area contributed by atoms with Crippen molar-refractivity contribution in [3.8, 4) is 0 Å². The van der Waals surface area contributed by atoms with Gasteiger partial charge in [-0.15, -0.1) is 6.58 Å². The Labute approximate surface area is 250 Å². The summed E-state index contributed by atoms with van der Waals surface area (Å²) < 4.78 is 26.6. The maximum Gasteiger partial charge on any atom is 0.113 e. The van der Waals surface area contributed by atoms with Gasteiger partial charge >= 0.3 is 0 Å². The Balaban J connectivity index is 1.40. The average Bonchev–Trinajstić information content (AvgIpc) is 3.06. The lowest BCUT2D eigenvalue weighted by molar-refractivity contribution is -0.190. The second-order valence-electron chi connectivity index (χ2n) is 10.7. The van der Waals surface area contributed by atoms with E-state index in [1.54, 1.807) is 0 Å². The van der Waals surface area contributed by atoms with Crippen LogP contribution in [-0.2, 0) is 45.4 Å². The van der Waals surface area contributed by atoms with Crippen molar-refractivity contribution in [3.05, 3.63) is 156 Å². The van der Waals surface area contributed by atoms with Gasteiger partial charge in [-0.3, -0.25) is 0 Å². The highest BCUT2D eigenvalue weighted by Gasteiger charge is 2.45. The van der Waals surface area contributed by atoms with Crippen LogP contribution in [0.25, 0.3) is 0 Å². The summed E-state index contributed by atoms with van der Waals surface area (Å²) in [5.74, 6) is 0. The van der Waals surface area contributed by atoms with E-state index in [4.69, 9.17) is 18.9 Å². The summed E-state index contributed by atoms with van der Waals surface area (Å²) in [4.78, 5) is 0. The van der Waals surface area contributed by atoms with Gasteiger partial charge in [0.05, 0.1) is 44.7 Å². The van der Waals surface area contributed by atoms with Crippen molar-refractivity contribution >= 4 is 0 Å². The van der Waals surface area contributed by atoms with Crippen LogP contribution in [0.4, 0.5) is 0 Å². The molecule has 4 aromatic carbocycles. The van der Waals surface area contributed by atoms with Crippen LogP contribution in [0.3, 0.4) is 0 Å². The van der Waals surface area contributed by atoms with Crippen molar-refractivity contribution in [2.45, 2.75) is 63.3 Å². The molecule has 1 aliphatic rings. The molecular weight excluding hydrogens is 522 g/mol. The van der Waals surface area contributed by atoms with Crippen molar-refractivity contribution in [2.24, 2.45) is 0 Å². The lowest BCUT2D eigenvalue weighted by Crippen LogP contribution is -2.65. The van der Waals surface area contributed by atoms with Crippen LogP contribution in [0.1, 0.15) is 28.7 Å². The van der Waals surface area contributed by atoms with Gasteiger partial charge in [0.1, 0.15) is 12.2 Å². The number of rotatable bonds is 15. The molecule has 1 N–H and O–H groups in total. The molecule has 0 radical (unpaired) electrons. The topological polar surface area (TPSA) is 49.0 Å². The molecule has 0 unspecified atom stereocenters. The molecule has 5 rings (SSSR count). The molecule has 4 aromatic rings. The monoisotopic (exact) mass is 563 g/mol. The Morgan fingerprint density at radius 2 is 1.02 bits per heavy atom. The Morgan fingerprint density at radius 1 is 0.595 bits per heavy atom. The molecule has 0 aromatic heterocycles. The molecule has 1 saturated heterocycles. The predicted molar refractivity (Wildman–Crippen MR) is 167 cm³/mol. The first-order chi connectivity index (χ1) is 20.8. The average molecular weight is 564 g/mol. The third-order valence-electron chi connectivity index (χ3n) is 7.58. The van der Waals surface area contributed by atoms with Gasteiger partial charge in [-0.2, -0.15) is 0 Å². The van der Waals surface area contributed by atoms with Gasteiger partial charge in [0.2, 0.25) is 0 Å². The van der Waals surface area contributed by atoms with Crippen molar-refractivity contribution in [1.82, 2.24) is 5.32 Å². The summed E-state index contributed by atoms with van der Waals surface area (Å²) in [7, 11) is 0. The van der Waals surface area contributed by atoms with Crippen LogP contribution in [0.2, 0.25) is 0 Å². The summed E-state index contributed by atoms with van der Waals surface area (Å²) in [6.07, 6.45) is 1.56. The fourth-order valence-corrected chi connectivity index (χ4v) is 5.37.